The zero-order chi connectivity index (χ0) is 19.3. The van der Waals surface area contributed by atoms with Crippen LogP contribution in [0.4, 0.5) is 5.69 Å². The number of carbonyl (C=O) groups is 1. The first kappa shape index (κ1) is 18.1. The van der Waals surface area contributed by atoms with Gasteiger partial charge in [0, 0.05) is 12.1 Å². The molecule has 2 heterocycles. The first-order valence-electron chi connectivity index (χ1n) is 8.69. The fourth-order valence-corrected chi connectivity index (χ4v) is 2.84. The molecule has 7 heteroatoms. The van der Waals surface area contributed by atoms with E-state index in [0.29, 0.717) is 35.4 Å². The van der Waals surface area contributed by atoms with E-state index in [1.54, 1.807) is 24.3 Å². The second-order valence-corrected chi connectivity index (χ2v) is 6.37. The average Bonchev–Trinajstić information content (AvgIpc) is 2.75. The largest absolute Gasteiger partial charge is 0.485 e. The van der Waals surface area contributed by atoms with Crippen molar-refractivity contribution in [2.75, 3.05) is 17.8 Å². The zero-order valence-corrected chi connectivity index (χ0v) is 15.6. The van der Waals surface area contributed by atoms with Gasteiger partial charge in [0.25, 0.3) is 0 Å². The number of carbonyl (C=O) groups excluding carboxylic acids is 1. The van der Waals surface area contributed by atoms with Crippen LogP contribution in [0.1, 0.15) is 11.7 Å². The standard InChI is InChI=1S/C21H17ClN2O4/c22-11-20(25)24-15-6-9-21(23-12-15)27-16-7-8-17-18(10-16)26-13-19(28-17)14-4-2-1-3-5-14/h1-10,12,19H,11,13H2,(H,24,25). The van der Waals surface area contributed by atoms with E-state index in [2.05, 4.69) is 10.3 Å². The van der Waals surface area contributed by atoms with Gasteiger partial charge in [-0.15, -0.1) is 11.6 Å². The van der Waals surface area contributed by atoms with Crippen molar-refractivity contribution in [2.24, 2.45) is 0 Å². The molecule has 2 aromatic carbocycles. The summed E-state index contributed by atoms with van der Waals surface area (Å²) >= 11 is 5.46. The number of anilines is 1. The maximum Gasteiger partial charge on any atom is 0.239 e. The number of aromatic nitrogens is 1. The number of amides is 1. The van der Waals surface area contributed by atoms with E-state index in [0.717, 1.165) is 5.56 Å². The Morgan fingerprint density at radius 2 is 2.00 bits per heavy atom. The fourth-order valence-electron chi connectivity index (χ4n) is 2.78. The second-order valence-electron chi connectivity index (χ2n) is 6.11. The van der Waals surface area contributed by atoms with Crippen molar-refractivity contribution >= 4 is 23.2 Å². The third-order valence-corrected chi connectivity index (χ3v) is 4.35. The van der Waals surface area contributed by atoms with Gasteiger partial charge in [0.2, 0.25) is 11.8 Å². The maximum atomic E-state index is 11.3. The minimum atomic E-state index is -0.294. The lowest BCUT2D eigenvalue weighted by Gasteiger charge is -2.27. The Morgan fingerprint density at radius 3 is 2.75 bits per heavy atom. The summed E-state index contributed by atoms with van der Waals surface area (Å²) in [6.45, 7) is 0.424. The van der Waals surface area contributed by atoms with Crippen LogP contribution in [-0.4, -0.2) is 23.4 Å². The SMILES string of the molecule is O=C(CCl)Nc1ccc(Oc2ccc3c(c2)OCC(c2ccccc2)O3)nc1. The van der Waals surface area contributed by atoms with Gasteiger partial charge < -0.3 is 19.5 Å². The number of benzene rings is 2. The monoisotopic (exact) mass is 396 g/mol. The van der Waals surface area contributed by atoms with Gasteiger partial charge >= 0.3 is 0 Å². The number of hydrogen-bond donors (Lipinski definition) is 1. The summed E-state index contributed by atoms with van der Waals surface area (Å²) in [5.74, 6) is 1.85. The quantitative estimate of drug-likeness (QED) is 0.640. The summed E-state index contributed by atoms with van der Waals surface area (Å²) in [5.41, 5.74) is 1.62. The molecule has 1 atom stereocenters. The van der Waals surface area contributed by atoms with E-state index in [9.17, 15) is 4.79 Å². The van der Waals surface area contributed by atoms with Crippen LogP contribution >= 0.6 is 11.6 Å². The molecular weight excluding hydrogens is 380 g/mol. The van der Waals surface area contributed by atoms with Crippen molar-refractivity contribution in [3.05, 3.63) is 72.4 Å². The molecule has 0 saturated carbocycles. The third-order valence-electron chi connectivity index (χ3n) is 4.11. The van der Waals surface area contributed by atoms with E-state index in [1.807, 2.05) is 36.4 Å². The predicted octanol–water partition coefficient (Wildman–Crippen LogP) is 4.56. The molecule has 0 radical (unpaired) electrons. The van der Waals surface area contributed by atoms with Crippen LogP contribution < -0.4 is 19.5 Å². The molecule has 1 aromatic heterocycles. The van der Waals surface area contributed by atoms with Crippen LogP contribution in [0.2, 0.25) is 0 Å². The highest BCUT2D eigenvalue weighted by Gasteiger charge is 2.23. The highest BCUT2D eigenvalue weighted by molar-refractivity contribution is 6.29. The first-order valence-corrected chi connectivity index (χ1v) is 9.23. The Kier molecular flexibility index (Phi) is 5.30. The van der Waals surface area contributed by atoms with Crippen molar-refractivity contribution in [1.29, 1.82) is 0 Å². The van der Waals surface area contributed by atoms with Gasteiger partial charge in [-0.3, -0.25) is 4.79 Å². The minimum absolute atomic E-state index is 0.111. The Hall–Kier alpha value is -3.25. The van der Waals surface area contributed by atoms with Gasteiger partial charge in [-0.2, -0.15) is 0 Å². The molecule has 0 spiro atoms. The highest BCUT2D eigenvalue weighted by Crippen LogP contribution is 2.39. The Bertz CT molecular complexity index is 964. The molecule has 1 aliphatic heterocycles. The molecule has 0 fully saturated rings. The van der Waals surface area contributed by atoms with Crippen LogP contribution in [0.3, 0.4) is 0 Å². The number of pyridine rings is 1. The van der Waals surface area contributed by atoms with Crippen LogP contribution in [0.25, 0.3) is 0 Å². The lowest BCUT2D eigenvalue weighted by Crippen LogP contribution is -2.21. The normalized spacial score (nSPS) is 15.0. The summed E-state index contributed by atoms with van der Waals surface area (Å²) < 4.78 is 17.7. The fraction of sp³-hybridized carbons (Fsp3) is 0.143. The zero-order valence-electron chi connectivity index (χ0n) is 14.8. The van der Waals surface area contributed by atoms with E-state index in [4.69, 9.17) is 25.8 Å². The maximum absolute atomic E-state index is 11.3. The molecule has 1 amide bonds. The number of ether oxygens (including phenoxy) is 3. The Balaban J connectivity index is 1.43. The number of rotatable bonds is 5. The summed E-state index contributed by atoms with van der Waals surface area (Å²) in [6, 6.07) is 18.7. The molecule has 1 aliphatic rings. The number of alkyl halides is 1. The number of fused-ring (bicyclic) bond motifs is 1. The topological polar surface area (TPSA) is 69.7 Å². The van der Waals surface area contributed by atoms with Gasteiger partial charge in [-0.25, -0.2) is 4.98 Å². The van der Waals surface area contributed by atoms with Crippen LogP contribution in [0.5, 0.6) is 23.1 Å². The van der Waals surface area contributed by atoms with Gasteiger partial charge in [0.15, 0.2) is 17.6 Å². The van der Waals surface area contributed by atoms with E-state index in [-0.39, 0.29) is 17.9 Å². The van der Waals surface area contributed by atoms with Crippen molar-refractivity contribution in [2.45, 2.75) is 6.10 Å². The van der Waals surface area contributed by atoms with Gasteiger partial charge in [-0.1, -0.05) is 30.3 Å². The van der Waals surface area contributed by atoms with Crippen molar-refractivity contribution in [1.82, 2.24) is 4.98 Å². The summed E-state index contributed by atoms with van der Waals surface area (Å²) in [5, 5.41) is 2.62. The van der Waals surface area contributed by atoms with E-state index >= 15 is 0 Å². The first-order chi connectivity index (χ1) is 13.7. The smallest absolute Gasteiger partial charge is 0.239 e. The molecule has 4 rings (SSSR count). The Labute approximate surface area is 167 Å². The van der Waals surface area contributed by atoms with Gasteiger partial charge in [-0.05, 0) is 23.8 Å². The highest BCUT2D eigenvalue weighted by atomic mass is 35.5. The molecule has 28 heavy (non-hydrogen) atoms. The number of nitrogens with one attached hydrogen (secondary N) is 1. The van der Waals surface area contributed by atoms with Crippen LogP contribution in [0.15, 0.2) is 66.9 Å². The molecule has 0 bridgehead atoms. The third kappa shape index (κ3) is 4.18. The molecule has 1 unspecified atom stereocenters. The van der Waals surface area contributed by atoms with Gasteiger partial charge in [0.05, 0.1) is 11.9 Å². The molecule has 1 N–H and O–H groups in total. The van der Waals surface area contributed by atoms with Gasteiger partial charge in [0.1, 0.15) is 18.2 Å². The molecule has 142 valence electrons. The van der Waals surface area contributed by atoms with Crippen molar-refractivity contribution < 1.29 is 19.0 Å². The lowest BCUT2D eigenvalue weighted by molar-refractivity contribution is -0.113. The second kappa shape index (κ2) is 8.19. The number of nitrogens with zero attached hydrogens (tertiary/aromatic N) is 1. The van der Waals surface area contributed by atoms with Crippen LogP contribution in [0, 0.1) is 0 Å². The molecule has 6 nitrogen and oxygen atoms in total. The Morgan fingerprint density at radius 1 is 1.14 bits per heavy atom. The summed E-state index contributed by atoms with van der Waals surface area (Å²) in [7, 11) is 0. The lowest BCUT2D eigenvalue weighted by atomic mass is 10.1. The predicted molar refractivity (Wildman–Crippen MR) is 105 cm³/mol. The molecule has 0 saturated heterocycles. The molecule has 0 aliphatic carbocycles. The van der Waals surface area contributed by atoms with Crippen molar-refractivity contribution in [3.63, 3.8) is 0 Å². The van der Waals surface area contributed by atoms with Crippen LogP contribution in [-0.2, 0) is 4.79 Å². The average molecular weight is 397 g/mol. The summed E-state index contributed by atoms with van der Waals surface area (Å²) in [6.07, 6.45) is 1.36. The molecule has 3 aromatic rings. The van der Waals surface area contributed by atoms with E-state index in [1.165, 1.54) is 6.20 Å². The number of halogens is 1. The summed E-state index contributed by atoms with van der Waals surface area (Å²) in [4.78, 5) is 15.5. The minimum Gasteiger partial charge on any atom is -0.485 e. The molecular formula is C21H17ClN2O4. The van der Waals surface area contributed by atoms with E-state index < -0.39 is 0 Å². The number of hydrogen-bond acceptors (Lipinski definition) is 5. The van der Waals surface area contributed by atoms with Crippen molar-refractivity contribution in [3.8, 4) is 23.1 Å².